The molecule has 0 aliphatic heterocycles. The van der Waals surface area contributed by atoms with Crippen molar-refractivity contribution in [3.8, 4) is 0 Å². The molecule has 0 spiro atoms. The molecule has 0 aliphatic rings. The SMILES string of the molecule is COCCNC(=O)C(C)Nc1ccc(Br)cc1C(N)=S. The summed E-state index contributed by atoms with van der Waals surface area (Å²) in [7, 11) is 1.59. The summed E-state index contributed by atoms with van der Waals surface area (Å²) in [6, 6.07) is 5.11. The van der Waals surface area contributed by atoms with Crippen molar-refractivity contribution in [1.29, 1.82) is 0 Å². The van der Waals surface area contributed by atoms with Gasteiger partial charge in [0.15, 0.2) is 0 Å². The molecule has 0 bridgehead atoms. The number of nitrogens with two attached hydrogens (primary N) is 1. The second-order valence-electron chi connectivity index (χ2n) is 4.20. The lowest BCUT2D eigenvalue weighted by atomic mass is 10.1. The highest BCUT2D eigenvalue weighted by atomic mass is 79.9. The number of anilines is 1. The number of hydrogen-bond donors (Lipinski definition) is 3. The molecule has 1 rings (SSSR count). The monoisotopic (exact) mass is 359 g/mol. The lowest BCUT2D eigenvalue weighted by Crippen LogP contribution is -2.39. The fourth-order valence-corrected chi connectivity index (χ4v) is 2.10. The van der Waals surface area contributed by atoms with Crippen LogP contribution in [0.4, 0.5) is 5.69 Å². The molecule has 0 saturated carbocycles. The molecule has 20 heavy (non-hydrogen) atoms. The Morgan fingerprint density at radius 2 is 2.25 bits per heavy atom. The Morgan fingerprint density at radius 3 is 2.85 bits per heavy atom. The molecule has 0 aliphatic carbocycles. The maximum absolute atomic E-state index is 11.9. The number of ether oxygens (including phenoxy) is 1. The summed E-state index contributed by atoms with van der Waals surface area (Å²) in [5.74, 6) is -0.112. The number of rotatable bonds is 7. The highest BCUT2D eigenvalue weighted by molar-refractivity contribution is 9.10. The summed E-state index contributed by atoms with van der Waals surface area (Å²) >= 11 is 8.38. The first-order valence-electron chi connectivity index (χ1n) is 6.08. The molecule has 0 saturated heterocycles. The van der Waals surface area contributed by atoms with Crippen LogP contribution < -0.4 is 16.4 Å². The number of carbonyl (C=O) groups is 1. The Balaban J connectivity index is 2.72. The highest BCUT2D eigenvalue weighted by Crippen LogP contribution is 2.21. The van der Waals surface area contributed by atoms with Crippen LogP contribution in [0, 0.1) is 0 Å². The van der Waals surface area contributed by atoms with E-state index in [2.05, 4.69) is 26.6 Å². The molecule has 7 heteroatoms. The van der Waals surface area contributed by atoms with E-state index in [0.717, 1.165) is 10.2 Å². The van der Waals surface area contributed by atoms with Crippen LogP contribution in [0.3, 0.4) is 0 Å². The predicted octanol–water partition coefficient (Wildman–Crippen LogP) is 1.65. The number of thiocarbonyl (C=S) groups is 1. The molecule has 0 heterocycles. The van der Waals surface area contributed by atoms with Gasteiger partial charge in [-0.3, -0.25) is 4.79 Å². The van der Waals surface area contributed by atoms with Crippen molar-refractivity contribution >= 4 is 44.7 Å². The highest BCUT2D eigenvalue weighted by Gasteiger charge is 2.14. The Morgan fingerprint density at radius 1 is 1.55 bits per heavy atom. The van der Waals surface area contributed by atoms with Crippen molar-refractivity contribution in [1.82, 2.24) is 5.32 Å². The van der Waals surface area contributed by atoms with Crippen molar-refractivity contribution in [2.24, 2.45) is 5.73 Å². The number of halogens is 1. The van der Waals surface area contributed by atoms with Gasteiger partial charge in [-0.15, -0.1) is 0 Å². The Labute approximate surface area is 132 Å². The van der Waals surface area contributed by atoms with Gasteiger partial charge in [-0.2, -0.15) is 0 Å². The average Bonchev–Trinajstić information content (AvgIpc) is 2.40. The van der Waals surface area contributed by atoms with E-state index < -0.39 is 6.04 Å². The third kappa shape index (κ3) is 5.07. The summed E-state index contributed by atoms with van der Waals surface area (Å²) in [4.78, 5) is 12.1. The summed E-state index contributed by atoms with van der Waals surface area (Å²) < 4.78 is 5.76. The molecule has 0 aromatic heterocycles. The Hall–Kier alpha value is -1.18. The second-order valence-corrected chi connectivity index (χ2v) is 5.56. The molecule has 4 N–H and O–H groups in total. The molecular formula is C13H18BrN3O2S. The standard InChI is InChI=1S/C13H18BrN3O2S/c1-8(13(18)16-5-6-19-2)17-11-4-3-9(14)7-10(11)12(15)20/h3-4,7-8,17H,5-6H2,1-2H3,(H2,15,20)(H,16,18). The first kappa shape index (κ1) is 16.9. The van der Waals surface area contributed by atoms with Crippen LogP contribution >= 0.6 is 28.1 Å². The van der Waals surface area contributed by atoms with E-state index >= 15 is 0 Å². The van der Waals surface area contributed by atoms with Crippen LogP contribution in [0.5, 0.6) is 0 Å². The fraction of sp³-hybridized carbons (Fsp3) is 0.385. The third-order valence-corrected chi connectivity index (χ3v) is 3.33. The van der Waals surface area contributed by atoms with E-state index in [0.29, 0.717) is 18.7 Å². The summed E-state index contributed by atoms with van der Waals surface area (Å²) in [6.45, 7) is 2.73. The number of benzene rings is 1. The van der Waals surface area contributed by atoms with Gasteiger partial charge in [0.05, 0.1) is 6.61 Å². The molecule has 1 aromatic carbocycles. The van der Waals surface area contributed by atoms with E-state index in [9.17, 15) is 4.79 Å². The number of hydrogen-bond acceptors (Lipinski definition) is 4. The van der Waals surface area contributed by atoms with E-state index in [1.54, 1.807) is 14.0 Å². The van der Waals surface area contributed by atoms with Crippen LogP contribution in [0.15, 0.2) is 22.7 Å². The van der Waals surface area contributed by atoms with Gasteiger partial charge in [-0.05, 0) is 25.1 Å². The quantitative estimate of drug-likeness (QED) is 0.509. The van der Waals surface area contributed by atoms with Gasteiger partial charge < -0.3 is 21.1 Å². The maximum Gasteiger partial charge on any atom is 0.242 e. The van der Waals surface area contributed by atoms with E-state index in [1.807, 2.05) is 18.2 Å². The van der Waals surface area contributed by atoms with Gasteiger partial charge in [0, 0.05) is 29.4 Å². The van der Waals surface area contributed by atoms with Crippen molar-refractivity contribution in [3.63, 3.8) is 0 Å². The minimum absolute atomic E-state index is 0.112. The van der Waals surface area contributed by atoms with E-state index in [1.165, 1.54) is 0 Å². The Kier molecular flexibility index (Phi) is 6.90. The van der Waals surface area contributed by atoms with Gasteiger partial charge in [0.25, 0.3) is 0 Å². The van der Waals surface area contributed by atoms with Gasteiger partial charge in [-0.1, -0.05) is 28.1 Å². The van der Waals surface area contributed by atoms with Crippen LogP contribution in [-0.2, 0) is 9.53 Å². The van der Waals surface area contributed by atoms with Crippen molar-refractivity contribution < 1.29 is 9.53 Å². The molecule has 110 valence electrons. The zero-order chi connectivity index (χ0) is 15.1. The van der Waals surface area contributed by atoms with Crippen LogP contribution in [-0.4, -0.2) is 37.2 Å². The van der Waals surface area contributed by atoms with E-state index in [4.69, 9.17) is 22.7 Å². The molecule has 0 radical (unpaired) electrons. The van der Waals surface area contributed by atoms with Gasteiger partial charge in [0.1, 0.15) is 11.0 Å². The minimum atomic E-state index is -0.402. The average molecular weight is 360 g/mol. The number of nitrogens with one attached hydrogen (secondary N) is 2. The van der Waals surface area contributed by atoms with E-state index in [-0.39, 0.29) is 10.9 Å². The van der Waals surface area contributed by atoms with Crippen LogP contribution in [0.2, 0.25) is 0 Å². The fourth-order valence-electron chi connectivity index (χ4n) is 1.57. The predicted molar refractivity (Wildman–Crippen MR) is 88.0 cm³/mol. The van der Waals surface area contributed by atoms with Crippen molar-refractivity contribution in [2.45, 2.75) is 13.0 Å². The molecular weight excluding hydrogens is 342 g/mol. The Bertz CT molecular complexity index is 497. The summed E-state index contributed by atoms with van der Waals surface area (Å²) in [5, 5.41) is 5.87. The second kappa shape index (κ2) is 8.18. The molecule has 1 amide bonds. The largest absolute Gasteiger partial charge is 0.389 e. The maximum atomic E-state index is 11.9. The molecule has 1 atom stereocenters. The third-order valence-electron chi connectivity index (χ3n) is 2.62. The summed E-state index contributed by atoms with van der Waals surface area (Å²) in [6.07, 6.45) is 0. The molecule has 0 fully saturated rings. The van der Waals surface area contributed by atoms with Crippen molar-refractivity contribution in [3.05, 3.63) is 28.2 Å². The minimum Gasteiger partial charge on any atom is -0.389 e. The van der Waals surface area contributed by atoms with Gasteiger partial charge >= 0.3 is 0 Å². The van der Waals surface area contributed by atoms with Gasteiger partial charge in [0.2, 0.25) is 5.91 Å². The molecule has 5 nitrogen and oxygen atoms in total. The molecule has 1 unspecified atom stereocenters. The zero-order valence-corrected chi connectivity index (χ0v) is 13.8. The first-order valence-corrected chi connectivity index (χ1v) is 7.28. The van der Waals surface area contributed by atoms with Crippen LogP contribution in [0.1, 0.15) is 12.5 Å². The topological polar surface area (TPSA) is 76.4 Å². The number of methoxy groups -OCH3 is 1. The normalized spacial score (nSPS) is 11.8. The van der Waals surface area contributed by atoms with Crippen LogP contribution in [0.25, 0.3) is 0 Å². The first-order chi connectivity index (χ1) is 9.45. The molecule has 1 aromatic rings. The lowest BCUT2D eigenvalue weighted by molar-refractivity contribution is -0.121. The summed E-state index contributed by atoms with van der Waals surface area (Å²) in [5.41, 5.74) is 7.12. The smallest absolute Gasteiger partial charge is 0.242 e. The zero-order valence-electron chi connectivity index (χ0n) is 11.4. The number of amides is 1. The lowest BCUT2D eigenvalue weighted by Gasteiger charge is -2.17. The van der Waals surface area contributed by atoms with Gasteiger partial charge in [-0.25, -0.2) is 0 Å². The number of carbonyl (C=O) groups excluding carboxylic acids is 1. The van der Waals surface area contributed by atoms with Crippen molar-refractivity contribution in [2.75, 3.05) is 25.6 Å².